The molecule has 7 nitrogen and oxygen atoms in total. The molecule has 1 heterocycles. The van der Waals surface area contributed by atoms with E-state index < -0.39 is 5.97 Å². The van der Waals surface area contributed by atoms with Crippen molar-refractivity contribution in [2.45, 2.75) is 0 Å². The van der Waals surface area contributed by atoms with Crippen molar-refractivity contribution in [2.24, 2.45) is 0 Å². The SMILES string of the molecule is N#Cc1cc2c(c(C(=O)O)c1)Nc1cc(O)c(O)cc1O2. The molecular weight excluding hydrogens is 276 g/mol. The molecule has 1 aliphatic heterocycles. The van der Waals surface area contributed by atoms with Gasteiger partial charge in [0.25, 0.3) is 0 Å². The van der Waals surface area contributed by atoms with E-state index in [9.17, 15) is 20.1 Å². The molecule has 0 aliphatic carbocycles. The summed E-state index contributed by atoms with van der Waals surface area (Å²) in [5.41, 5.74) is 0.505. The Bertz CT molecular complexity index is 823. The number of carboxylic acid groups (broad SMARTS) is 1. The van der Waals surface area contributed by atoms with Gasteiger partial charge >= 0.3 is 5.97 Å². The van der Waals surface area contributed by atoms with Gasteiger partial charge in [-0.25, -0.2) is 4.79 Å². The fourth-order valence-electron chi connectivity index (χ4n) is 2.05. The molecule has 0 aromatic heterocycles. The zero-order valence-electron chi connectivity index (χ0n) is 10.4. The normalized spacial score (nSPS) is 11.4. The minimum atomic E-state index is -1.22. The van der Waals surface area contributed by atoms with Gasteiger partial charge in [-0.1, -0.05) is 0 Å². The highest BCUT2D eigenvalue weighted by Crippen LogP contribution is 2.47. The first-order valence-corrected chi connectivity index (χ1v) is 5.82. The number of carbonyl (C=O) groups is 1. The molecule has 2 aromatic rings. The maximum absolute atomic E-state index is 11.3. The van der Waals surface area contributed by atoms with E-state index in [0.29, 0.717) is 5.69 Å². The Kier molecular flexibility index (Phi) is 2.59. The van der Waals surface area contributed by atoms with Gasteiger partial charge in [-0.05, 0) is 6.07 Å². The number of hydrogen-bond donors (Lipinski definition) is 4. The summed E-state index contributed by atoms with van der Waals surface area (Å²) >= 11 is 0. The van der Waals surface area contributed by atoms with Gasteiger partial charge in [0.05, 0.1) is 28.6 Å². The largest absolute Gasteiger partial charge is 0.504 e. The number of aromatic hydroxyl groups is 2. The molecule has 0 fully saturated rings. The highest BCUT2D eigenvalue weighted by Gasteiger charge is 2.24. The number of nitriles is 1. The minimum absolute atomic E-state index is 0.123. The van der Waals surface area contributed by atoms with Crippen molar-refractivity contribution in [3.63, 3.8) is 0 Å². The van der Waals surface area contributed by atoms with Crippen LogP contribution in [0.15, 0.2) is 24.3 Å². The Hall–Kier alpha value is -3.40. The molecule has 0 amide bonds. The zero-order chi connectivity index (χ0) is 15.1. The second-order valence-electron chi connectivity index (χ2n) is 4.38. The summed E-state index contributed by atoms with van der Waals surface area (Å²) in [6, 6.07) is 6.89. The fraction of sp³-hybridized carbons (Fsp3) is 0. The van der Waals surface area contributed by atoms with E-state index in [1.54, 1.807) is 0 Å². The lowest BCUT2D eigenvalue weighted by molar-refractivity contribution is 0.0697. The number of nitrogens with one attached hydrogen (secondary N) is 1. The van der Waals surface area contributed by atoms with Gasteiger partial charge in [0.1, 0.15) is 0 Å². The van der Waals surface area contributed by atoms with Gasteiger partial charge in [0, 0.05) is 18.2 Å². The number of fused-ring (bicyclic) bond motifs is 2. The number of anilines is 2. The van der Waals surface area contributed by atoms with Crippen molar-refractivity contribution >= 4 is 17.3 Å². The third-order valence-electron chi connectivity index (χ3n) is 3.02. The monoisotopic (exact) mass is 284 g/mol. The lowest BCUT2D eigenvalue weighted by atomic mass is 10.1. The van der Waals surface area contributed by atoms with Crippen molar-refractivity contribution in [1.29, 1.82) is 5.26 Å². The molecule has 0 atom stereocenters. The number of aromatic carboxylic acids is 1. The lowest BCUT2D eigenvalue weighted by Crippen LogP contribution is -2.09. The van der Waals surface area contributed by atoms with Crippen LogP contribution in [0.5, 0.6) is 23.0 Å². The summed E-state index contributed by atoms with van der Waals surface area (Å²) in [4.78, 5) is 11.3. The van der Waals surface area contributed by atoms with E-state index in [1.807, 2.05) is 6.07 Å². The summed E-state index contributed by atoms with van der Waals surface area (Å²) in [6.07, 6.45) is 0. The van der Waals surface area contributed by atoms with Crippen LogP contribution < -0.4 is 10.1 Å². The van der Waals surface area contributed by atoms with Gasteiger partial charge in [-0.2, -0.15) is 5.26 Å². The summed E-state index contributed by atoms with van der Waals surface area (Å²) in [6.45, 7) is 0. The zero-order valence-corrected chi connectivity index (χ0v) is 10.4. The molecule has 0 radical (unpaired) electrons. The number of ether oxygens (including phenoxy) is 1. The molecule has 104 valence electrons. The van der Waals surface area contributed by atoms with Gasteiger partial charge in [0.15, 0.2) is 23.0 Å². The smallest absolute Gasteiger partial charge is 0.338 e. The van der Waals surface area contributed by atoms with Crippen molar-refractivity contribution in [3.8, 4) is 29.1 Å². The van der Waals surface area contributed by atoms with Crippen LogP contribution in [0.2, 0.25) is 0 Å². The predicted molar refractivity (Wildman–Crippen MR) is 71.2 cm³/mol. The fourth-order valence-corrected chi connectivity index (χ4v) is 2.05. The standard InChI is InChI=1S/C14H8N2O5/c15-5-6-1-7(14(19)20)13-12(2-6)21-11-4-10(18)9(17)3-8(11)16-13/h1-4,16-18H,(H,19,20). The Morgan fingerprint density at radius 2 is 1.86 bits per heavy atom. The maximum atomic E-state index is 11.3. The van der Waals surface area contributed by atoms with Gasteiger partial charge in [0.2, 0.25) is 0 Å². The summed E-state index contributed by atoms with van der Waals surface area (Å²) in [5.74, 6) is -1.58. The summed E-state index contributed by atoms with van der Waals surface area (Å²) in [7, 11) is 0. The molecule has 2 aromatic carbocycles. The quantitative estimate of drug-likeness (QED) is 0.400. The molecular formula is C14H8N2O5. The van der Waals surface area contributed by atoms with Gasteiger partial charge in [-0.15, -0.1) is 0 Å². The van der Waals surface area contributed by atoms with Crippen LogP contribution in [0.3, 0.4) is 0 Å². The maximum Gasteiger partial charge on any atom is 0.338 e. The van der Waals surface area contributed by atoms with Gasteiger partial charge in [-0.3, -0.25) is 0 Å². The number of rotatable bonds is 1. The Labute approximate surface area is 118 Å². The molecule has 0 unspecified atom stereocenters. The highest BCUT2D eigenvalue weighted by molar-refractivity contribution is 5.99. The van der Waals surface area contributed by atoms with E-state index in [-0.39, 0.29) is 39.8 Å². The van der Waals surface area contributed by atoms with Crippen LogP contribution in [0.4, 0.5) is 11.4 Å². The van der Waals surface area contributed by atoms with E-state index >= 15 is 0 Å². The topological polar surface area (TPSA) is 123 Å². The summed E-state index contributed by atoms with van der Waals surface area (Å²) in [5, 5.41) is 39.9. The number of hydrogen-bond acceptors (Lipinski definition) is 6. The molecule has 21 heavy (non-hydrogen) atoms. The number of benzene rings is 2. The number of phenols is 2. The second-order valence-corrected chi connectivity index (χ2v) is 4.38. The molecule has 7 heteroatoms. The third-order valence-corrected chi connectivity index (χ3v) is 3.02. The first-order chi connectivity index (χ1) is 9.99. The number of nitrogens with zero attached hydrogens (tertiary/aromatic N) is 1. The minimum Gasteiger partial charge on any atom is -0.504 e. The van der Waals surface area contributed by atoms with E-state index in [4.69, 9.17) is 10.00 Å². The molecule has 0 bridgehead atoms. The molecule has 3 rings (SSSR count). The molecule has 0 spiro atoms. The second kappa shape index (κ2) is 4.31. The van der Waals surface area contributed by atoms with E-state index in [1.165, 1.54) is 24.3 Å². The van der Waals surface area contributed by atoms with E-state index in [2.05, 4.69) is 5.32 Å². The van der Waals surface area contributed by atoms with Gasteiger partial charge < -0.3 is 25.4 Å². The lowest BCUT2D eigenvalue weighted by Gasteiger charge is -2.23. The first kappa shape index (κ1) is 12.6. The Balaban J connectivity index is 2.19. The molecule has 1 aliphatic rings. The average molecular weight is 284 g/mol. The molecule has 0 saturated carbocycles. The van der Waals surface area contributed by atoms with Crippen LogP contribution in [0, 0.1) is 11.3 Å². The van der Waals surface area contributed by atoms with Crippen molar-refractivity contribution in [2.75, 3.05) is 5.32 Å². The number of carboxylic acids is 1. The van der Waals surface area contributed by atoms with Crippen molar-refractivity contribution in [1.82, 2.24) is 0 Å². The van der Waals surface area contributed by atoms with Crippen molar-refractivity contribution < 1.29 is 24.9 Å². The van der Waals surface area contributed by atoms with Crippen LogP contribution >= 0.6 is 0 Å². The van der Waals surface area contributed by atoms with Crippen LogP contribution in [-0.4, -0.2) is 21.3 Å². The predicted octanol–water partition coefficient (Wildman–Crippen LogP) is 2.52. The number of phenolic OH excluding ortho intramolecular Hbond substituents is 2. The third kappa shape index (κ3) is 1.95. The van der Waals surface area contributed by atoms with Crippen molar-refractivity contribution in [3.05, 3.63) is 35.4 Å². The van der Waals surface area contributed by atoms with Crippen LogP contribution in [0.25, 0.3) is 0 Å². The average Bonchev–Trinajstić information content (AvgIpc) is 2.45. The molecule has 0 saturated heterocycles. The highest BCUT2D eigenvalue weighted by atomic mass is 16.5. The molecule has 4 N–H and O–H groups in total. The summed E-state index contributed by atoms with van der Waals surface area (Å²) < 4.78 is 5.50. The van der Waals surface area contributed by atoms with E-state index in [0.717, 1.165) is 0 Å². The Morgan fingerprint density at radius 3 is 2.52 bits per heavy atom. The van der Waals surface area contributed by atoms with Crippen LogP contribution in [-0.2, 0) is 0 Å². The Morgan fingerprint density at radius 1 is 1.14 bits per heavy atom. The first-order valence-electron chi connectivity index (χ1n) is 5.82. The van der Waals surface area contributed by atoms with Crippen LogP contribution in [0.1, 0.15) is 15.9 Å².